The van der Waals surface area contributed by atoms with Crippen LogP contribution >= 0.6 is 11.6 Å². The number of aromatic nitrogens is 1. The van der Waals surface area contributed by atoms with Gasteiger partial charge in [0.25, 0.3) is 10.0 Å². The van der Waals surface area contributed by atoms with E-state index in [0.717, 1.165) is 10.2 Å². The first kappa shape index (κ1) is 14.6. The lowest BCUT2D eigenvalue weighted by Crippen LogP contribution is -2.11. The number of hydrogen-bond acceptors (Lipinski definition) is 3. The molecule has 0 saturated carbocycles. The maximum atomic E-state index is 12.7. The number of hydrogen-bond donors (Lipinski definition) is 1. The second-order valence-corrected chi connectivity index (χ2v) is 6.87. The summed E-state index contributed by atoms with van der Waals surface area (Å²) >= 11 is 5.88. The molecule has 0 bridgehead atoms. The minimum atomic E-state index is -3.88. The van der Waals surface area contributed by atoms with Crippen molar-refractivity contribution in [3.63, 3.8) is 0 Å². The monoisotopic (exact) mass is 335 g/mol. The van der Waals surface area contributed by atoms with Gasteiger partial charge in [-0.05, 0) is 30.3 Å². The number of nitrogens with zero attached hydrogens (tertiary/aromatic N) is 1. The molecular weight excluding hydrogens is 326 g/mol. The van der Waals surface area contributed by atoms with Gasteiger partial charge in [0.05, 0.1) is 16.0 Å². The zero-order valence-corrected chi connectivity index (χ0v) is 12.7. The van der Waals surface area contributed by atoms with Crippen molar-refractivity contribution >= 4 is 38.5 Å². The fraction of sp³-hybridized carbons (Fsp3) is 0. The van der Waals surface area contributed by atoms with E-state index < -0.39 is 16.0 Å². The summed E-state index contributed by atoms with van der Waals surface area (Å²) in [6.45, 7) is 0. The lowest BCUT2D eigenvalue weighted by atomic mass is 10.2. The molecule has 0 saturated heterocycles. The topological polar surface area (TPSA) is 76.4 Å². The summed E-state index contributed by atoms with van der Waals surface area (Å²) in [4.78, 5) is 11.4. The van der Waals surface area contributed by atoms with E-state index in [9.17, 15) is 18.3 Å². The summed E-state index contributed by atoms with van der Waals surface area (Å²) in [6, 6.07) is 12.3. The number of benzene rings is 2. The van der Waals surface area contributed by atoms with Crippen molar-refractivity contribution < 1.29 is 18.3 Å². The van der Waals surface area contributed by atoms with Crippen LogP contribution in [0.4, 0.5) is 0 Å². The molecule has 5 nitrogen and oxygen atoms in total. The molecule has 0 spiro atoms. The van der Waals surface area contributed by atoms with Crippen LogP contribution < -0.4 is 0 Å². The van der Waals surface area contributed by atoms with Gasteiger partial charge in [0, 0.05) is 16.6 Å². The Hall–Kier alpha value is -2.31. The fourth-order valence-corrected chi connectivity index (χ4v) is 3.81. The molecule has 112 valence electrons. The Morgan fingerprint density at radius 1 is 1.09 bits per heavy atom. The van der Waals surface area contributed by atoms with E-state index in [-0.39, 0.29) is 21.4 Å². The van der Waals surface area contributed by atoms with Crippen molar-refractivity contribution in [1.29, 1.82) is 0 Å². The van der Waals surface area contributed by atoms with Gasteiger partial charge in [-0.1, -0.05) is 29.8 Å². The Balaban J connectivity index is 2.35. The summed E-state index contributed by atoms with van der Waals surface area (Å²) in [5.74, 6) is -1.21. The lowest BCUT2D eigenvalue weighted by Gasteiger charge is -2.07. The van der Waals surface area contributed by atoms with Crippen LogP contribution in [-0.2, 0) is 10.0 Å². The predicted octanol–water partition coefficient (Wildman–Crippen LogP) is 3.23. The summed E-state index contributed by atoms with van der Waals surface area (Å²) in [5.41, 5.74) is 0.155. The molecular formula is C15H10ClNO4S. The Morgan fingerprint density at radius 3 is 2.41 bits per heavy atom. The summed E-state index contributed by atoms with van der Waals surface area (Å²) in [6.07, 6.45) is 1.10. The van der Waals surface area contributed by atoms with Crippen molar-refractivity contribution in [3.05, 3.63) is 65.3 Å². The van der Waals surface area contributed by atoms with Gasteiger partial charge in [0.2, 0.25) is 0 Å². The number of fused-ring (bicyclic) bond motifs is 1. The van der Waals surface area contributed by atoms with E-state index >= 15 is 0 Å². The maximum Gasteiger partial charge on any atom is 0.337 e. The average Bonchev–Trinajstić information content (AvgIpc) is 2.87. The number of aromatic carboxylic acids is 1. The van der Waals surface area contributed by atoms with Gasteiger partial charge in [-0.25, -0.2) is 17.2 Å². The molecule has 0 fully saturated rings. The summed E-state index contributed by atoms with van der Waals surface area (Å²) in [7, 11) is -3.88. The van der Waals surface area contributed by atoms with Gasteiger partial charge in [-0.2, -0.15) is 0 Å². The third-order valence-electron chi connectivity index (χ3n) is 3.26. The SMILES string of the molecule is O=C(O)c1cn(S(=O)(=O)c2ccccc2)c2ccc(Cl)cc12. The van der Waals surface area contributed by atoms with Crippen LogP contribution in [0, 0.1) is 0 Å². The molecule has 0 radical (unpaired) electrons. The number of carboxylic acids is 1. The molecule has 0 aliphatic heterocycles. The van der Waals surface area contributed by atoms with Gasteiger partial charge in [0.15, 0.2) is 0 Å². The van der Waals surface area contributed by atoms with E-state index in [4.69, 9.17) is 11.6 Å². The van der Waals surface area contributed by atoms with Gasteiger partial charge in [0.1, 0.15) is 0 Å². The Bertz CT molecular complexity index is 977. The number of rotatable bonds is 3. The van der Waals surface area contributed by atoms with E-state index in [1.54, 1.807) is 18.2 Å². The van der Waals surface area contributed by atoms with Crippen LogP contribution in [0.1, 0.15) is 10.4 Å². The highest BCUT2D eigenvalue weighted by atomic mass is 35.5. The highest BCUT2D eigenvalue weighted by molar-refractivity contribution is 7.90. The third kappa shape index (κ3) is 2.26. The Labute approximate surface area is 131 Å². The minimum Gasteiger partial charge on any atom is -0.478 e. The largest absolute Gasteiger partial charge is 0.478 e. The molecule has 3 aromatic rings. The van der Waals surface area contributed by atoms with Crippen LogP contribution in [0.25, 0.3) is 10.9 Å². The molecule has 7 heteroatoms. The first-order chi connectivity index (χ1) is 10.4. The maximum absolute atomic E-state index is 12.7. The minimum absolute atomic E-state index is 0.0822. The quantitative estimate of drug-likeness (QED) is 0.797. The molecule has 2 aromatic carbocycles. The van der Waals surface area contributed by atoms with Gasteiger partial charge in [-0.15, -0.1) is 0 Å². The molecule has 0 unspecified atom stereocenters. The number of halogens is 1. The normalized spacial score (nSPS) is 11.7. The average molecular weight is 336 g/mol. The fourth-order valence-electron chi connectivity index (χ4n) is 2.25. The molecule has 0 aliphatic rings. The molecule has 0 amide bonds. The first-order valence-electron chi connectivity index (χ1n) is 6.26. The Kier molecular flexibility index (Phi) is 3.42. The van der Waals surface area contributed by atoms with Crippen molar-refractivity contribution in [3.8, 4) is 0 Å². The van der Waals surface area contributed by atoms with Crippen LogP contribution in [0.5, 0.6) is 0 Å². The third-order valence-corrected chi connectivity index (χ3v) is 5.19. The zero-order valence-electron chi connectivity index (χ0n) is 11.1. The first-order valence-corrected chi connectivity index (χ1v) is 8.07. The second-order valence-electron chi connectivity index (χ2n) is 4.62. The van der Waals surface area contributed by atoms with Gasteiger partial charge >= 0.3 is 5.97 Å². The van der Waals surface area contributed by atoms with Gasteiger partial charge < -0.3 is 5.11 Å². The standard InChI is InChI=1S/C15H10ClNO4S/c16-10-6-7-14-12(8-10)13(15(18)19)9-17(14)22(20,21)11-4-2-1-3-5-11/h1-9H,(H,18,19). The lowest BCUT2D eigenvalue weighted by molar-refractivity contribution is 0.0699. The van der Waals surface area contributed by atoms with Crippen molar-refractivity contribution in [2.45, 2.75) is 4.90 Å². The molecule has 3 rings (SSSR count). The zero-order chi connectivity index (χ0) is 15.9. The molecule has 1 N–H and O–H groups in total. The smallest absolute Gasteiger partial charge is 0.337 e. The van der Waals surface area contributed by atoms with Crippen molar-refractivity contribution in [2.24, 2.45) is 0 Å². The molecule has 0 aliphatic carbocycles. The van der Waals surface area contributed by atoms with Crippen molar-refractivity contribution in [2.75, 3.05) is 0 Å². The van der Waals surface area contributed by atoms with Crippen LogP contribution in [-0.4, -0.2) is 23.5 Å². The van der Waals surface area contributed by atoms with Crippen molar-refractivity contribution in [1.82, 2.24) is 3.97 Å². The van der Waals surface area contributed by atoms with Gasteiger partial charge in [-0.3, -0.25) is 0 Å². The summed E-state index contributed by atoms with van der Waals surface area (Å²) < 4.78 is 26.4. The van der Waals surface area contributed by atoms with Crippen LogP contribution in [0.3, 0.4) is 0 Å². The Morgan fingerprint density at radius 2 is 1.77 bits per heavy atom. The summed E-state index contributed by atoms with van der Waals surface area (Å²) in [5, 5.41) is 9.89. The second kappa shape index (κ2) is 5.15. The predicted molar refractivity (Wildman–Crippen MR) is 82.9 cm³/mol. The molecule has 0 atom stereocenters. The van der Waals surface area contributed by atoms with E-state index in [1.807, 2.05) is 0 Å². The van der Waals surface area contributed by atoms with E-state index in [0.29, 0.717) is 5.02 Å². The number of carboxylic acid groups (broad SMARTS) is 1. The van der Waals surface area contributed by atoms with Crippen LogP contribution in [0.2, 0.25) is 5.02 Å². The molecule has 1 aromatic heterocycles. The van der Waals surface area contributed by atoms with Crippen LogP contribution in [0.15, 0.2) is 59.6 Å². The molecule has 1 heterocycles. The van der Waals surface area contributed by atoms with E-state index in [1.165, 1.54) is 30.3 Å². The highest BCUT2D eigenvalue weighted by Gasteiger charge is 2.23. The van der Waals surface area contributed by atoms with E-state index in [2.05, 4.69) is 0 Å². The number of carbonyl (C=O) groups is 1. The molecule has 22 heavy (non-hydrogen) atoms. The highest BCUT2D eigenvalue weighted by Crippen LogP contribution is 2.28.